The van der Waals surface area contributed by atoms with Crippen LogP contribution in [0, 0.1) is 5.82 Å². The molecule has 0 aliphatic rings. The van der Waals surface area contributed by atoms with E-state index in [1.807, 2.05) is 0 Å². The van der Waals surface area contributed by atoms with Crippen LogP contribution in [0.4, 0.5) is 10.2 Å². The zero-order chi connectivity index (χ0) is 17.4. The fourth-order valence-electron chi connectivity index (χ4n) is 2.42. The normalized spacial score (nSPS) is 11.0. The number of fused-ring (bicyclic) bond motifs is 1. The maximum absolute atomic E-state index is 14.2. The minimum atomic E-state index is -0.359. The summed E-state index contributed by atoms with van der Waals surface area (Å²) in [5.74, 6) is 0.131. The second kappa shape index (κ2) is 6.14. The molecule has 25 heavy (non-hydrogen) atoms. The van der Waals surface area contributed by atoms with Gasteiger partial charge in [-0.05, 0) is 40.2 Å². The summed E-state index contributed by atoms with van der Waals surface area (Å²) in [6.45, 7) is 0. The molecule has 0 fully saturated rings. The first-order chi connectivity index (χ1) is 12.1. The quantitative estimate of drug-likeness (QED) is 0.524. The topological polar surface area (TPSA) is 67.7 Å². The predicted octanol–water partition coefficient (Wildman–Crippen LogP) is 3.57. The monoisotopic (exact) mass is 399 g/mol. The van der Waals surface area contributed by atoms with Crippen LogP contribution in [-0.2, 0) is 0 Å². The van der Waals surface area contributed by atoms with Crippen LogP contribution in [0.5, 0.6) is 0 Å². The van der Waals surface area contributed by atoms with Crippen LogP contribution < -0.4 is 5.36 Å². The highest BCUT2D eigenvalue weighted by Crippen LogP contribution is 2.28. The molecule has 0 atom stereocenters. The molecule has 0 spiro atoms. The van der Waals surface area contributed by atoms with Gasteiger partial charge in [-0.15, -0.1) is 0 Å². The second-order valence-corrected chi connectivity index (χ2v) is 6.11. The van der Waals surface area contributed by atoms with Crippen LogP contribution in [0.25, 0.3) is 16.9 Å². The Labute approximate surface area is 149 Å². The number of rotatable bonds is 2. The Hall–Kier alpha value is -3.00. The third kappa shape index (κ3) is 2.91. The van der Waals surface area contributed by atoms with Crippen molar-refractivity contribution in [3.8, 4) is 11.3 Å². The van der Waals surface area contributed by atoms with Gasteiger partial charge in [-0.1, -0.05) is 12.1 Å². The van der Waals surface area contributed by atoms with Crippen molar-refractivity contribution < 1.29 is 9.60 Å². The van der Waals surface area contributed by atoms with Crippen molar-refractivity contribution in [1.82, 2.24) is 19.3 Å². The second-order valence-electron chi connectivity index (χ2n) is 5.26. The van der Waals surface area contributed by atoms with Gasteiger partial charge < -0.3 is 5.21 Å². The van der Waals surface area contributed by atoms with Crippen LogP contribution in [0.2, 0.25) is 0 Å². The minimum absolute atomic E-state index is 0.359. The Morgan fingerprint density at radius 2 is 1.88 bits per heavy atom. The molecule has 0 bridgehead atoms. The van der Waals surface area contributed by atoms with Gasteiger partial charge in [0.2, 0.25) is 0 Å². The average molecular weight is 400 g/mol. The van der Waals surface area contributed by atoms with Crippen molar-refractivity contribution in [2.45, 2.75) is 0 Å². The molecule has 0 aliphatic carbocycles. The number of halogens is 2. The Morgan fingerprint density at radius 3 is 2.64 bits per heavy atom. The fourth-order valence-corrected chi connectivity index (χ4v) is 2.77. The number of aromatic nitrogens is 4. The van der Waals surface area contributed by atoms with Crippen LogP contribution in [0.1, 0.15) is 0 Å². The molecule has 3 aromatic heterocycles. The lowest BCUT2D eigenvalue weighted by Gasteiger charge is -2.06. The molecular formula is C17H11BrFN5O. The van der Waals surface area contributed by atoms with E-state index < -0.39 is 0 Å². The van der Waals surface area contributed by atoms with Gasteiger partial charge in [0.15, 0.2) is 11.5 Å². The summed E-state index contributed by atoms with van der Waals surface area (Å²) in [5.41, 5.74) is 1.38. The largest absolute Gasteiger partial charge is 0.429 e. The predicted molar refractivity (Wildman–Crippen MR) is 92.9 cm³/mol. The molecule has 0 saturated heterocycles. The van der Waals surface area contributed by atoms with E-state index in [1.165, 1.54) is 18.5 Å². The minimum Gasteiger partial charge on any atom is -0.429 e. The van der Waals surface area contributed by atoms with Crippen molar-refractivity contribution in [1.29, 1.82) is 0 Å². The van der Waals surface area contributed by atoms with Crippen LogP contribution in [-0.4, -0.2) is 24.5 Å². The molecule has 0 unspecified atom stereocenters. The molecule has 3 heterocycles. The maximum atomic E-state index is 14.2. The highest BCUT2D eigenvalue weighted by molar-refractivity contribution is 9.10. The van der Waals surface area contributed by atoms with Gasteiger partial charge in [0, 0.05) is 24.0 Å². The van der Waals surface area contributed by atoms with Gasteiger partial charge in [-0.3, -0.25) is 0 Å². The SMILES string of the molecule is On1ccc(=Nc2cc(-c3ccccc3F)nc3c(Br)cnn23)cc1. The molecular weight excluding hydrogens is 389 g/mol. The Kier molecular flexibility index (Phi) is 3.81. The average Bonchev–Trinajstić information content (AvgIpc) is 2.99. The molecule has 0 radical (unpaired) electrons. The maximum Gasteiger partial charge on any atom is 0.172 e. The number of pyridine rings is 1. The molecule has 1 N–H and O–H groups in total. The smallest absolute Gasteiger partial charge is 0.172 e. The Balaban J connectivity index is 1.99. The van der Waals surface area contributed by atoms with E-state index in [9.17, 15) is 9.60 Å². The van der Waals surface area contributed by atoms with Gasteiger partial charge in [-0.25, -0.2) is 19.1 Å². The highest BCUT2D eigenvalue weighted by atomic mass is 79.9. The zero-order valence-electron chi connectivity index (χ0n) is 12.7. The number of nitrogens with zero attached hydrogens (tertiary/aromatic N) is 5. The molecule has 4 aromatic rings. The molecule has 4 rings (SSSR count). The number of hydrogen-bond donors (Lipinski definition) is 1. The number of hydrogen-bond acceptors (Lipinski definition) is 4. The van der Waals surface area contributed by atoms with E-state index in [4.69, 9.17) is 0 Å². The summed E-state index contributed by atoms with van der Waals surface area (Å²) < 4.78 is 17.3. The van der Waals surface area contributed by atoms with Crippen LogP contribution in [0.15, 0.2) is 70.5 Å². The first-order valence-electron chi connectivity index (χ1n) is 7.33. The standard InChI is InChI=1S/C17H11BrFN5O/c18-13-10-20-24-16(21-11-5-7-23(25)8-6-11)9-15(22-17(13)24)12-3-1-2-4-14(12)19/h1-10,25H. The number of benzene rings is 1. The summed E-state index contributed by atoms with van der Waals surface area (Å²) in [7, 11) is 0. The molecule has 0 amide bonds. The van der Waals surface area contributed by atoms with Crippen LogP contribution in [0.3, 0.4) is 0 Å². The zero-order valence-corrected chi connectivity index (χ0v) is 14.3. The van der Waals surface area contributed by atoms with E-state index in [1.54, 1.807) is 47.1 Å². The van der Waals surface area contributed by atoms with Crippen molar-refractivity contribution >= 4 is 27.4 Å². The van der Waals surface area contributed by atoms with Crippen LogP contribution >= 0.6 is 15.9 Å². The summed E-state index contributed by atoms with van der Waals surface area (Å²) in [6.07, 6.45) is 4.54. The summed E-state index contributed by atoms with van der Waals surface area (Å²) in [6, 6.07) is 11.4. The fraction of sp³-hybridized carbons (Fsp3) is 0. The van der Waals surface area contributed by atoms with E-state index in [-0.39, 0.29) is 5.82 Å². The molecule has 0 saturated carbocycles. The van der Waals surface area contributed by atoms with Crippen molar-refractivity contribution in [3.05, 3.63) is 76.7 Å². The van der Waals surface area contributed by atoms with E-state index in [0.717, 1.165) is 4.73 Å². The molecule has 8 heteroatoms. The summed E-state index contributed by atoms with van der Waals surface area (Å²) in [5, 5.41) is 14.2. The first kappa shape index (κ1) is 15.5. The van der Waals surface area contributed by atoms with Gasteiger partial charge in [0.1, 0.15) is 5.82 Å². The third-order valence-electron chi connectivity index (χ3n) is 3.60. The van der Waals surface area contributed by atoms with E-state index in [2.05, 4.69) is 31.0 Å². The van der Waals surface area contributed by atoms with Crippen molar-refractivity contribution in [2.24, 2.45) is 4.99 Å². The van der Waals surface area contributed by atoms with Gasteiger partial charge in [0.05, 0.1) is 21.7 Å². The third-order valence-corrected chi connectivity index (χ3v) is 4.16. The first-order valence-corrected chi connectivity index (χ1v) is 8.12. The molecule has 124 valence electrons. The van der Waals surface area contributed by atoms with Crippen molar-refractivity contribution in [2.75, 3.05) is 0 Å². The molecule has 1 aromatic carbocycles. The highest BCUT2D eigenvalue weighted by Gasteiger charge is 2.13. The van der Waals surface area contributed by atoms with Gasteiger partial charge >= 0.3 is 0 Å². The van der Waals surface area contributed by atoms with Crippen molar-refractivity contribution in [3.63, 3.8) is 0 Å². The van der Waals surface area contributed by atoms with Gasteiger partial charge in [-0.2, -0.15) is 9.61 Å². The van der Waals surface area contributed by atoms with Gasteiger partial charge in [0.25, 0.3) is 0 Å². The summed E-state index contributed by atoms with van der Waals surface area (Å²) >= 11 is 3.40. The lowest BCUT2D eigenvalue weighted by Crippen LogP contribution is -2.04. The summed E-state index contributed by atoms with van der Waals surface area (Å²) in [4.78, 5) is 9.02. The molecule has 0 aliphatic heterocycles. The molecule has 6 nitrogen and oxygen atoms in total. The van der Waals surface area contributed by atoms with E-state index >= 15 is 0 Å². The lowest BCUT2D eigenvalue weighted by atomic mass is 10.1. The lowest BCUT2D eigenvalue weighted by molar-refractivity contribution is 0.184. The Bertz CT molecular complexity index is 1130. The Morgan fingerprint density at radius 1 is 1.12 bits per heavy atom. The van der Waals surface area contributed by atoms with E-state index in [0.29, 0.717) is 32.6 Å².